The van der Waals surface area contributed by atoms with Gasteiger partial charge in [0.05, 0.1) is 0 Å². The first kappa shape index (κ1) is 19.6. The predicted octanol–water partition coefficient (Wildman–Crippen LogP) is 3.48. The van der Waals surface area contributed by atoms with Gasteiger partial charge in [-0.3, -0.25) is 14.8 Å². The van der Waals surface area contributed by atoms with Crippen LogP contribution >= 0.6 is 11.6 Å². The van der Waals surface area contributed by atoms with E-state index in [2.05, 4.69) is 26.8 Å². The Labute approximate surface area is 175 Å². The number of hydrogen-bond acceptors (Lipinski definition) is 5. The van der Waals surface area contributed by atoms with Crippen molar-refractivity contribution in [3.8, 4) is 0 Å². The molecule has 6 nitrogen and oxygen atoms in total. The van der Waals surface area contributed by atoms with Crippen molar-refractivity contribution in [1.82, 2.24) is 9.88 Å². The summed E-state index contributed by atoms with van der Waals surface area (Å²) in [6.07, 6.45) is 7.92. The van der Waals surface area contributed by atoms with E-state index < -0.39 is 5.54 Å². The molecule has 2 aliphatic rings. The normalized spacial score (nSPS) is 21.0. The average Bonchev–Trinajstić information content (AvgIpc) is 3.25. The Morgan fingerprint density at radius 1 is 1.21 bits per heavy atom. The van der Waals surface area contributed by atoms with Gasteiger partial charge in [-0.1, -0.05) is 23.7 Å². The van der Waals surface area contributed by atoms with Crippen LogP contribution in [0.1, 0.15) is 24.0 Å². The van der Waals surface area contributed by atoms with E-state index in [1.807, 2.05) is 41.4 Å². The fraction of sp³-hybridized carbons (Fsp3) is 0.364. The molecule has 0 bridgehead atoms. The van der Waals surface area contributed by atoms with Gasteiger partial charge in [-0.2, -0.15) is 0 Å². The number of piperazine rings is 1. The maximum Gasteiger partial charge on any atom is 0.222 e. The maximum atomic E-state index is 12.9. The number of rotatable bonds is 5. The number of halogens is 1. The van der Waals surface area contributed by atoms with Gasteiger partial charge in [0.15, 0.2) is 0 Å². The molecular formula is C22H24ClN5O. The molecule has 1 amide bonds. The van der Waals surface area contributed by atoms with Crippen molar-refractivity contribution in [1.29, 1.82) is 0 Å². The molecule has 3 heterocycles. The highest BCUT2D eigenvalue weighted by atomic mass is 35.5. The smallest absolute Gasteiger partial charge is 0.222 e. The molecule has 0 aliphatic carbocycles. The van der Waals surface area contributed by atoms with Gasteiger partial charge >= 0.3 is 0 Å². The first-order valence-corrected chi connectivity index (χ1v) is 10.2. The molecule has 29 heavy (non-hydrogen) atoms. The van der Waals surface area contributed by atoms with Gasteiger partial charge in [0, 0.05) is 67.5 Å². The van der Waals surface area contributed by atoms with Gasteiger partial charge < -0.3 is 9.80 Å². The second-order valence-electron chi connectivity index (χ2n) is 7.49. The van der Waals surface area contributed by atoms with Crippen LogP contribution in [0.15, 0.2) is 52.7 Å². The molecular weight excluding hydrogens is 386 g/mol. The topological polar surface area (TPSA) is 61.2 Å². The molecule has 0 saturated carbocycles. The summed E-state index contributed by atoms with van der Waals surface area (Å²) in [5.41, 5.74) is 2.73. The highest BCUT2D eigenvalue weighted by Gasteiger charge is 2.33. The van der Waals surface area contributed by atoms with Crippen molar-refractivity contribution in [2.45, 2.75) is 25.3 Å². The number of carbonyl (C=O) groups is 1. The third-order valence-corrected chi connectivity index (χ3v) is 5.90. The number of aromatic nitrogens is 1. The summed E-state index contributed by atoms with van der Waals surface area (Å²) in [7, 11) is 0. The van der Waals surface area contributed by atoms with Crippen molar-refractivity contribution in [2.75, 3.05) is 31.1 Å². The number of aryl methyl sites for hydroxylation is 1. The molecule has 1 aromatic carbocycles. The molecule has 1 unspecified atom stereocenters. The summed E-state index contributed by atoms with van der Waals surface area (Å²) >= 11 is 6.16. The Bertz CT molecular complexity index is 923. The van der Waals surface area contributed by atoms with E-state index in [0.717, 1.165) is 29.4 Å². The predicted molar refractivity (Wildman–Crippen MR) is 117 cm³/mol. The van der Waals surface area contributed by atoms with Crippen LogP contribution in [-0.2, 0) is 10.3 Å². The Morgan fingerprint density at radius 3 is 2.72 bits per heavy atom. The number of hydrogen-bond donors (Lipinski definition) is 0. The second kappa shape index (κ2) is 8.33. The Kier molecular flexibility index (Phi) is 5.62. The van der Waals surface area contributed by atoms with Gasteiger partial charge in [-0.15, -0.1) is 0 Å². The van der Waals surface area contributed by atoms with E-state index in [0.29, 0.717) is 25.9 Å². The van der Waals surface area contributed by atoms with E-state index in [9.17, 15) is 4.79 Å². The van der Waals surface area contributed by atoms with Crippen LogP contribution in [0.5, 0.6) is 0 Å². The standard InChI is InChI=1S/C22H24ClN5O/c1-17-4-5-19(23)13-20(17)27-9-11-28(12-10-27)21(29)6-7-22(15-25-16-26-22)18-3-2-8-24-14-18/h2-5,8,13-16H,6-7,9-12H2,1H3. The molecule has 0 N–H and O–H groups in total. The summed E-state index contributed by atoms with van der Waals surface area (Å²) in [4.78, 5) is 30.0. The Balaban J connectivity index is 1.36. The highest BCUT2D eigenvalue weighted by Crippen LogP contribution is 2.31. The minimum Gasteiger partial charge on any atom is -0.368 e. The fourth-order valence-electron chi connectivity index (χ4n) is 3.94. The summed E-state index contributed by atoms with van der Waals surface area (Å²) in [5.74, 6) is 0.159. The summed E-state index contributed by atoms with van der Waals surface area (Å²) in [5, 5.41) is 0.739. The van der Waals surface area contributed by atoms with Crippen molar-refractivity contribution < 1.29 is 4.79 Å². The second-order valence-corrected chi connectivity index (χ2v) is 7.92. The molecule has 0 radical (unpaired) electrons. The molecule has 150 valence electrons. The summed E-state index contributed by atoms with van der Waals surface area (Å²) in [6.45, 7) is 5.12. The van der Waals surface area contributed by atoms with Crippen molar-refractivity contribution in [2.24, 2.45) is 9.98 Å². The van der Waals surface area contributed by atoms with Crippen LogP contribution in [0, 0.1) is 6.92 Å². The molecule has 1 aromatic heterocycles. The lowest BCUT2D eigenvalue weighted by molar-refractivity contribution is -0.131. The minimum atomic E-state index is -0.580. The number of anilines is 1. The van der Waals surface area contributed by atoms with Crippen molar-refractivity contribution in [3.63, 3.8) is 0 Å². The SMILES string of the molecule is Cc1ccc(Cl)cc1N1CCN(C(=O)CCC2(c3cccnc3)C=NC=N2)CC1. The molecule has 1 atom stereocenters. The Morgan fingerprint density at radius 2 is 2.03 bits per heavy atom. The van der Waals surface area contributed by atoms with E-state index in [4.69, 9.17) is 11.6 Å². The largest absolute Gasteiger partial charge is 0.368 e. The van der Waals surface area contributed by atoms with Gasteiger partial charge in [0.25, 0.3) is 0 Å². The van der Waals surface area contributed by atoms with Gasteiger partial charge in [0.2, 0.25) is 5.91 Å². The Hall–Kier alpha value is -2.73. The molecule has 1 fully saturated rings. The van der Waals surface area contributed by atoms with Crippen LogP contribution in [-0.4, -0.2) is 54.5 Å². The van der Waals surface area contributed by atoms with Gasteiger partial charge in [0.1, 0.15) is 11.9 Å². The maximum absolute atomic E-state index is 12.9. The number of benzene rings is 1. The first-order chi connectivity index (χ1) is 14.1. The quantitative estimate of drug-likeness (QED) is 0.759. The molecule has 2 aliphatic heterocycles. The molecule has 7 heteroatoms. The summed E-state index contributed by atoms with van der Waals surface area (Å²) < 4.78 is 0. The van der Waals surface area contributed by atoms with Crippen LogP contribution < -0.4 is 4.90 Å². The number of nitrogens with zero attached hydrogens (tertiary/aromatic N) is 5. The number of carbonyl (C=O) groups excluding carboxylic acids is 1. The molecule has 4 rings (SSSR count). The van der Waals surface area contributed by atoms with E-state index in [-0.39, 0.29) is 5.91 Å². The van der Waals surface area contributed by atoms with Crippen LogP contribution in [0.2, 0.25) is 5.02 Å². The van der Waals surface area contributed by atoms with Crippen molar-refractivity contribution >= 4 is 35.7 Å². The average molecular weight is 410 g/mol. The first-order valence-electron chi connectivity index (χ1n) is 9.85. The third kappa shape index (κ3) is 4.17. The highest BCUT2D eigenvalue weighted by molar-refractivity contribution is 6.30. The fourth-order valence-corrected chi connectivity index (χ4v) is 4.11. The lowest BCUT2D eigenvalue weighted by Gasteiger charge is -2.37. The van der Waals surface area contributed by atoms with Gasteiger partial charge in [-0.25, -0.2) is 4.99 Å². The number of amides is 1. The lowest BCUT2D eigenvalue weighted by Crippen LogP contribution is -2.49. The van der Waals surface area contributed by atoms with Crippen molar-refractivity contribution in [3.05, 3.63) is 58.9 Å². The zero-order valence-corrected chi connectivity index (χ0v) is 17.2. The van der Waals surface area contributed by atoms with Crippen LogP contribution in [0.25, 0.3) is 0 Å². The van der Waals surface area contributed by atoms with Gasteiger partial charge in [-0.05, 0) is 37.1 Å². The molecule has 2 aromatic rings. The number of aliphatic imine (C=N–C) groups is 2. The zero-order valence-electron chi connectivity index (χ0n) is 16.5. The van der Waals surface area contributed by atoms with E-state index >= 15 is 0 Å². The van der Waals surface area contributed by atoms with E-state index in [1.165, 1.54) is 5.56 Å². The lowest BCUT2D eigenvalue weighted by atomic mass is 9.88. The third-order valence-electron chi connectivity index (χ3n) is 5.67. The van der Waals surface area contributed by atoms with Crippen LogP contribution in [0.3, 0.4) is 0 Å². The van der Waals surface area contributed by atoms with E-state index in [1.54, 1.807) is 18.7 Å². The summed E-state index contributed by atoms with van der Waals surface area (Å²) in [6, 6.07) is 9.82. The van der Waals surface area contributed by atoms with Crippen LogP contribution in [0.4, 0.5) is 5.69 Å². The zero-order chi connectivity index (χ0) is 20.3. The molecule has 1 saturated heterocycles. The monoisotopic (exact) mass is 409 g/mol. The minimum absolute atomic E-state index is 0.159. The molecule has 0 spiro atoms. The number of pyridine rings is 1.